The Kier molecular flexibility index (Phi) is 7.17. The number of nitrogens with one attached hydrogen (secondary N) is 1. The van der Waals surface area contributed by atoms with Gasteiger partial charge in [0, 0.05) is 15.1 Å². The Morgan fingerprint density at radius 3 is 2.33 bits per heavy atom. The smallest absolute Gasteiger partial charge is 0.264 e. The molecule has 0 fully saturated rings. The first kappa shape index (κ1) is 22.3. The monoisotopic (exact) mass is 508 g/mol. The molecule has 0 saturated heterocycles. The number of hydrogen-bond acceptors (Lipinski definition) is 4. The zero-order chi connectivity index (χ0) is 21.7. The van der Waals surface area contributed by atoms with Crippen molar-refractivity contribution >= 4 is 55.0 Å². The summed E-state index contributed by atoms with van der Waals surface area (Å²) >= 11 is 4.80. The molecular formula is C21H18BrFN2O3S2. The number of carbonyl (C=O) groups is 1. The maximum atomic E-state index is 13.8. The van der Waals surface area contributed by atoms with Gasteiger partial charge >= 0.3 is 0 Å². The highest BCUT2D eigenvalue weighted by Crippen LogP contribution is 2.26. The molecule has 0 radical (unpaired) electrons. The molecular weight excluding hydrogens is 491 g/mol. The molecule has 0 aliphatic rings. The summed E-state index contributed by atoms with van der Waals surface area (Å²) in [6.45, 7) is -0.508. The van der Waals surface area contributed by atoms with Crippen molar-refractivity contribution in [3.8, 4) is 0 Å². The van der Waals surface area contributed by atoms with Crippen LogP contribution in [-0.4, -0.2) is 27.1 Å². The first-order valence-corrected chi connectivity index (χ1v) is 12.2. The maximum absolute atomic E-state index is 13.8. The van der Waals surface area contributed by atoms with E-state index in [4.69, 9.17) is 0 Å². The fraction of sp³-hybridized carbons (Fsp3) is 0.0952. The second-order valence-electron chi connectivity index (χ2n) is 6.22. The van der Waals surface area contributed by atoms with E-state index in [2.05, 4.69) is 21.2 Å². The van der Waals surface area contributed by atoms with Crippen LogP contribution in [0.25, 0.3) is 0 Å². The fourth-order valence-electron chi connectivity index (χ4n) is 2.69. The largest absolute Gasteiger partial charge is 0.325 e. The molecule has 1 amide bonds. The van der Waals surface area contributed by atoms with Gasteiger partial charge in [-0.2, -0.15) is 0 Å². The van der Waals surface area contributed by atoms with E-state index in [1.165, 1.54) is 42.1 Å². The Bertz CT molecular complexity index is 1140. The molecule has 30 heavy (non-hydrogen) atoms. The van der Waals surface area contributed by atoms with Crippen LogP contribution >= 0.6 is 27.7 Å². The Hall–Kier alpha value is -2.36. The van der Waals surface area contributed by atoms with E-state index in [0.717, 1.165) is 19.7 Å². The molecule has 3 rings (SSSR count). The third-order valence-electron chi connectivity index (χ3n) is 4.16. The van der Waals surface area contributed by atoms with Gasteiger partial charge in [-0.05, 0) is 73.0 Å². The summed E-state index contributed by atoms with van der Waals surface area (Å²) < 4.78 is 42.1. The summed E-state index contributed by atoms with van der Waals surface area (Å²) in [6, 6.07) is 18.3. The summed E-state index contributed by atoms with van der Waals surface area (Å²) in [6.07, 6.45) is 1.88. The van der Waals surface area contributed by atoms with Gasteiger partial charge in [-0.3, -0.25) is 9.10 Å². The lowest BCUT2D eigenvalue weighted by Gasteiger charge is -2.24. The van der Waals surface area contributed by atoms with Gasteiger partial charge in [0.15, 0.2) is 0 Å². The number of nitrogens with zero attached hydrogens (tertiary/aromatic N) is 1. The van der Waals surface area contributed by atoms with E-state index in [9.17, 15) is 17.6 Å². The molecule has 0 atom stereocenters. The first-order valence-electron chi connectivity index (χ1n) is 8.77. The Morgan fingerprint density at radius 1 is 1.07 bits per heavy atom. The molecule has 0 aliphatic carbocycles. The molecule has 0 spiro atoms. The van der Waals surface area contributed by atoms with Crippen molar-refractivity contribution in [2.24, 2.45) is 0 Å². The van der Waals surface area contributed by atoms with Crippen LogP contribution in [0.4, 0.5) is 15.8 Å². The van der Waals surface area contributed by atoms with Crippen molar-refractivity contribution < 1.29 is 17.6 Å². The molecule has 9 heteroatoms. The minimum atomic E-state index is -4.10. The Morgan fingerprint density at radius 2 is 1.73 bits per heavy atom. The number of thioether (sulfide) groups is 1. The summed E-state index contributed by atoms with van der Waals surface area (Å²) in [5.74, 6) is -1.15. The number of anilines is 2. The Labute approximate surface area is 187 Å². The maximum Gasteiger partial charge on any atom is 0.264 e. The average molecular weight is 509 g/mol. The van der Waals surface area contributed by atoms with Gasteiger partial charge in [0.1, 0.15) is 12.4 Å². The number of benzene rings is 3. The van der Waals surface area contributed by atoms with Crippen molar-refractivity contribution in [3.05, 3.63) is 83.1 Å². The highest BCUT2D eigenvalue weighted by molar-refractivity contribution is 9.10. The zero-order valence-corrected chi connectivity index (χ0v) is 19.1. The van der Waals surface area contributed by atoms with Gasteiger partial charge in [0.05, 0.1) is 10.6 Å². The van der Waals surface area contributed by atoms with E-state index in [1.807, 2.05) is 6.26 Å². The average Bonchev–Trinajstić information content (AvgIpc) is 2.73. The molecule has 0 heterocycles. The van der Waals surface area contributed by atoms with Crippen LogP contribution in [0.3, 0.4) is 0 Å². The summed E-state index contributed by atoms with van der Waals surface area (Å²) in [7, 11) is -4.10. The standard InChI is InChI=1S/C21H18BrFN2O3S2/c1-29-19-9-11-20(12-10-19)30(27,28)25(18-4-2-3-16(23)13-18)14-21(26)24-17-7-5-15(22)6-8-17/h2-13H,14H2,1H3,(H,24,26). The molecule has 0 aromatic heterocycles. The highest BCUT2D eigenvalue weighted by Gasteiger charge is 2.27. The normalized spacial score (nSPS) is 11.2. The first-order chi connectivity index (χ1) is 14.3. The van der Waals surface area contributed by atoms with Gasteiger partial charge in [-0.15, -0.1) is 11.8 Å². The topological polar surface area (TPSA) is 66.5 Å². The van der Waals surface area contributed by atoms with Crippen LogP contribution in [0, 0.1) is 5.82 Å². The number of rotatable bonds is 7. The minimum Gasteiger partial charge on any atom is -0.325 e. The lowest BCUT2D eigenvalue weighted by atomic mass is 10.3. The van der Waals surface area contributed by atoms with E-state index in [0.29, 0.717) is 5.69 Å². The number of hydrogen-bond donors (Lipinski definition) is 1. The lowest BCUT2D eigenvalue weighted by Crippen LogP contribution is -2.38. The molecule has 3 aromatic carbocycles. The van der Waals surface area contributed by atoms with Crippen LogP contribution in [0.1, 0.15) is 0 Å². The molecule has 3 aromatic rings. The fourth-order valence-corrected chi connectivity index (χ4v) is 4.77. The van der Waals surface area contributed by atoms with Crippen molar-refractivity contribution in [2.45, 2.75) is 9.79 Å². The third kappa shape index (κ3) is 5.41. The number of amides is 1. The number of halogens is 2. The Balaban J connectivity index is 1.93. The van der Waals surface area contributed by atoms with Crippen LogP contribution in [0.2, 0.25) is 0 Å². The quantitative estimate of drug-likeness (QED) is 0.448. The predicted molar refractivity (Wildman–Crippen MR) is 122 cm³/mol. The van der Waals surface area contributed by atoms with Crippen LogP contribution in [0.15, 0.2) is 87.1 Å². The van der Waals surface area contributed by atoms with Crippen LogP contribution in [-0.2, 0) is 14.8 Å². The molecule has 1 N–H and O–H groups in total. The third-order valence-corrected chi connectivity index (χ3v) is 7.22. The predicted octanol–water partition coefficient (Wildman–Crippen LogP) is 5.14. The van der Waals surface area contributed by atoms with Gasteiger partial charge in [-0.1, -0.05) is 22.0 Å². The van der Waals surface area contributed by atoms with Gasteiger partial charge < -0.3 is 5.32 Å². The van der Waals surface area contributed by atoms with E-state index >= 15 is 0 Å². The second-order valence-corrected chi connectivity index (χ2v) is 9.88. The van der Waals surface area contributed by atoms with Gasteiger partial charge in [0.2, 0.25) is 5.91 Å². The minimum absolute atomic E-state index is 0.0148. The van der Waals surface area contributed by atoms with Crippen molar-refractivity contribution in [3.63, 3.8) is 0 Å². The summed E-state index contributed by atoms with van der Waals surface area (Å²) in [5.41, 5.74) is 0.582. The highest BCUT2D eigenvalue weighted by atomic mass is 79.9. The van der Waals surface area contributed by atoms with E-state index < -0.39 is 28.3 Å². The van der Waals surface area contributed by atoms with E-state index in [1.54, 1.807) is 36.4 Å². The number of sulfonamides is 1. The van der Waals surface area contributed by atoms with Crippen molar-refractivity contribution in [2.75, 3.05) is 22.4 Å². The van der Waals surface area contributed by atoms with Crippen LogP contribution < -0.4 is 9.62 Å². The van der Waals surface area contributed by atoms with Gasteiger partial charge in [0.25, 0.3) is 10.0 Å². The molecule has 0 unspecified atom stereocenters. The number of carbonyl (C=O) groups excluding carboxylic acids is 1. The van der Waals surface area contributed by atoms with E-state index in [-0.39, 0.29) is 10.6 Å². The lowest BCUT2D eigenvalue weighted by molar-refractivity contribution is -0.114. The molecule has 156 valence electrons. The second kappa shape index (κ2) is 9.63. The molecule has 0 bridgehead atoms. The summed E-state index contributed by atoms with van der Waals surface area (Å²) in [5, 5.41) is 2.66. The van der Waals surface area contributed by atoms with Crippen LogP contribution in [0.5, 0.6) is 0 Å². The SMILES string of the molecule is CSc1ccc(S(=O)(=O)N(CC(=O)Nc2ccc(Br)cc2)c2cccc(F)c2)cc1. The van der Waals surface area contributed by atoms with Gasteiger partial charge in [-0.25, -0.2) is 12.8 Å². The van der Waals surface area contributed by atoms with Crippen molar-refractivity contribution in [1.29, 1.82) is 0 Å². The molecule has 0 aliphatic heterocycles. The van der Waals surface area contributed by atoms with Crippen molar-refractivity contribution in [1.82, 2.24) is 0 Å². The summed E-state index contributed by atoms with van der Waals surface area (Å²) in [4.78, 5) is 13.5. The molecule has 5 nitrogen and oxygen atoms in total. The zero-order valence-electron chi connectivity index (χ0n) is 15.9. The molecule has 0 saturated carbocycles.